The molecular weight excluding hydrogens is 206 g/mol. The van der Waals surface area contributed by atoms with E-state index in [2.05, 4.69) is 5.32 Å². The van der Waals surface area contributed by atoms with E-state index in [1.807, 2.05) is 0 Å². The van der Waals surface area contributed by atoms with Crippen LogP contribution < -0.4 is 16.8 Å². The maximum Gasteiger partial charge on any atom is 0.303 e. The van der Waals surface area contributed by atoms with Crippen molar-refractivity contribution in [1.82, 2.24) is 5.32 Å². The molecule has 6 N–H and O–H groups in total. The van der Waals surface area contributed by atoms with Crippen LogP contribution in [0.5, 0.6) is 0 Å². The molecule has 0 aromatic carbocycles. The third kappa shape index (κ3) is 11.4. The lowest BCUT2D eigenvalue weighted by Crippen LogP contribution is -2.37. The number of carboxylic acid groups (broad SMARTS) is 1. The minimum absolute atomic E-state index is 0.0751. The first-order valence-electron chi connectivity index (χ1n) is 6.07. The molecule has 0 spiro atoms. The van der Waals surface area contributed by atoms with Crippen LogP contribution in [0.2, 0.25) is 0 Å². The third-order valence-electron chi connectivity index (χ3n) is 2.44. The first-order valence-corrected chi connectivity index (χ1v) is 6.07. The Kier molecular flexibility index (Phi) is 10.4. The van der Waals surface area contributed by atoms with Crippen LogP contribution in [0.3, 0.4) is 0 Å². The number of nitrogens with one attached hydrogen (secondary N) is 1. The number of carbonyl (C=O) groups is 1. The molecule has 96 valence electrons. The minimum Gasteiger partial charge on any atom is -0.481 e. The summed E-state index contributed by atoms with van der Waals surface area (Å²) in [6.07, 6.45) is 6.02. The Hall–Kier alpha value is -0.650. The van der Waals surface area contributed by atoms with Crippen molar-refractivity contribution in [3.05, 3.63) is 0 Å². The minimum atomic E-state index is -0.756. The van der Waals surface area contributed by atoms with Gasteiger partial charge < -0.3 is 21.9 Å². The largest absolute Gasteiger partial charge is 0.481 e. The second-order valence-electron chi connectivity index (χ2n) is 4.05. The first-order chi connectivity index (χ1) is 7.66. The van der Waals surface area contributed by atoms with Crippen LogP contribution >= 0.6 is 0 Å². The van der Waals surface area contributed by atoms with E-state index in [0.29, 0.717) is 6.42 Å². The van der Waals surface area contributed by atoms with Gasteiger partial charge in [-0.2, -0.15) is 0 Å². The van der Waals surface area contributed by atoms with Crippen LogP contribution in [0.15, 0.2) is 0 Å². The van der Waals surface area contributed by atoms with E-state index in [9.17, 15) is 4.79 Å². The van der Waals surface area contributed by atoms with Crippen LogP contribution in [0.1, 0.15) is 44.9 Å². The average molecular weight is 231 g/mol. The molecule has 0 aliphatic rings. The first kappa shape index (κ1) is 15.3. The summed E-state index contributed by atoms with van der Waals surface area (Å²) < 4.78 is 0. The Morgan fingerprint density at radius 1 is 1.19 bits per heavy atom. The van der Waals surface area contributed by atoms with Gasteiger partial charge in [-0.1, -0.05) is 12.8 Å². The molecule has 1 atom stereocenters. The van der Waals surface area contributed by atoms with E-state index in [4.69, 9.17) is 16.6 Å². The highest BCUT2D eigenvalue weighted by Gasteiger charge is 2.03. The zero-order valence-electron chi connectivity index (χ0n) is 9.95. The van der Waals surface area contributed by atoms with E-state index in [1.165, 1.54) is 12.8 Å². The molecule has 0 aliphatic heterocycles. The Bertz CT molecular complexity index is 177. The zero-order chi connectivity index (χ0) is 12.2. The number of carboxylic acids is 1. The molecule has 0 aromatic heterocycles. The highest BCUT2D eigenvalue weighted by atomic mass is 16.4. The smallest absolute Gasteiger partial charge is 0.303 e. The molecule has 0 saturated heterocycles. The van der Waals surface area contributed by atoms with Gasteiger partial charge in [-0.15, -0.1) is 0 Å². The lowest BCUT2D eigenvalue weighted by molar-refractivity contribution is -0.137. The van der Waals surface area contributed by atoms with Gasteiger partial charge in [-0.25, -0.2) is 0 Å². The lowest BCUT2D eigenvalue weighted by Gasteiger charge is -2.12. The average Bonchev–Trinajstić information content (AvgIpc) is 2.22. The Morgan fingerprint density at radius 3 is 2.50 bits per heavy atom. The van der Waals surface area contributed by atoms with E-state index in [-0.39, 0.29) is 12.6 Å². The molecule has 0 aliphatic carbocycles. The molecule has 0 fully saturated rings. The number of hydrogen-bond acceptors (Lipinski definition) is 4. The van der Waals surface area contributed by atoms with E-state index < -0.39 is 5.97 Å². The van der Waals surface area contributed by atoms with Crippen molar-refractivity contribution >= 4 is 5.97 Å². The van der Waals surface area contributed by atoms with E-state index in [0.717, 1.165) is 32.4 Å². The maximum absolute atomic E-state index is 10.3. The summed E-state index contributed by atoms with van der Waals surface area (Å²) in [5.41, 5.74) is 11.2. The number of aliphatic carboxylic acids is 1. The van der Waals surface area contributed by atoms with Gasteiger partial charge in [0.15, 0.2) is 0 Å². The molecule has 5 nitrogen and oxygen atoms in total. The third-order valence-corrected chi connectivity index (χ3v) is 2.44. The standard InChI is InChI=1S/C11H25N3O2/c12-8-3-1-2-4-9-14-10(13)6-5-7-11(15)16/h10,14H,1-9,12-13H2,(H,15,16)/t10-/m0/s1. The van der Waals surface area contributed by atoms with Gasteiger partial charge in [0.05, 0.1) is 6.17 Å². The van der Waals surface area contributed by atoms with Gasteiger partial charge in [-0.05, 0) is 38.8 Å². The molecule has 0 amide bonds. The molecule has 16 heavy (non-hydrogen) atoms. The number of hydrogen-bond donors (Lipinski definition) is 4. The molecule has 0 bridgehead atoms. The van der Waals surface area contributed by atoms with Crippen LogP contribution in [0.4, 0.5) is 0 Å². The normalized spacial score (nSPS) is 12.6. The van der Waals surface area contributed by atoms with Crippen LogP contribution in [0.25, 0.3) is 0 Å². The zero-order valence-corrected chi connectivity index (χ0v) is 9.95. The monoisotopic (exact) mass is 231 g/mol. The SMILES string of the molecule is NCCCCCCN[C@H](N)CCCC(=O)O. The van der Waals surface area contributed by atoms with Crippen molar-refractivity contribution < 1.29 is 9.90 Å². The lowest BCUT2D eigenvalue weighted by atomic mass is 10.2. The summed E-state index contributed by atoms with van der Waals surface area (Å²) in [7, 11) is 0. The Balaban J connectivity index is 3.17. The van der Waals surface area contributed by atoms with E-state index >= 15 is 0 Å². The molecule has 0 unspecified atom stereocenters. The number of nitrogens with two attached hydrogens (primary N) is 2. The summed E-state index contributed by atoms with van der Waals surface area (Å²) >= 11 is 0. The van der Waals surface area contributed by atoms with Crippen LogP contribution in [-0.2, 0) is 4.79 Å². The molecule has 0 aromatic rings. The van der Waals surface area contributed by atoms with Crippen LogP contribution in [-0.4, -0.2) is 30.3 Å². The number of rotatable bonds is 11. The highest BCUT2D eigenvalue weighted by Crippen LogP contribution is 1.99. The van der Waals surface area contributed by atoms with Crippen molar-refractivity contribution in [2.45, 2.75) is 51.1 Å². The number of unbranched alkanes of at least 4 members (excludes halogenated alkanes) is 3. The fourth-order valence-corrected chi connectivity index (χ4v) is 1.49. The molecule has 5 heteroatoms. The van der Waals surface area contributed by atoms with Gasteiger partial charge in [-0.3, -0.25) is 4.79 Å². The Labute approximate surface area is 97.6 Å². The topological polar surface area (TPSA) is 101 Å². The predicted octanol–water partition coefficient (Wildman–Crippen LogP) is 0.635. The summed E-state index contributed by atoms with van der Waals surface area (Å²) in [6.45, 7) is 1.67. The summed E-state index contributed by atoms with van der Waals surface area (Å²) in [5.74, 6) is -0.756. The second kappa shape index (κ2) is 10.9. The summed E-state index contributed by atoms with van der Waals surface area (Å²) in [6, 6.07) is 0. The van der Waals surface area contributed by atoms with Crippen molar-refractivity contribution in [2.75, 3.05) is 13.1 Å². The second-order valence-corrected chi connectivity index (χ2v) is 4.05. The molecule has 0 rings (SSSR count). The van der Waals surface area contributed by atoms with Gasteiger partial charge in [0.25, 0.3) is 0 Å². The van der Waals surface area contributed by atoms with Crippen molar-refractivity contribution in [1.29, 1.82) is 0 Å². The quantitative estimate of drug-likeness (QED) is 0.309. The van der Waals surface area contributed by atoms with Gasteiger partial charge in [0, 0.05) is 6.42 Å². The van der Waals surface area contributed by atoms with Crippen LogP contribution in [0, 0.1) is 0 Å². The van der Waals surface area contributed by atoms with Gasteiger partial charge in [0.1, 0.15) is 0 Å². The van der Waals surface area contributed by atoms with E-state index in [1.54, 1.807) is 0 Å². The van der Waals surface area contributed by atoms with Crippen molar-refractivity contribution in [2.24, 2.45) is 11.5 Å². The highest BCUT2D eigenvalue weighted by molar-refractivity contribution is 5.66. The van der Waals surface area contributed by atoms with Crippen molar-refractivity contribution in [3.8, 4) is 0 Å². The molecule has 0 saturated carbocycles. The Morgan fingerprint density at radius 2 is 1.88 bits per heavy atom. The summed E-state index contributed by atoms with van der Waals surface area (Å²) in [4.78, 5) is 10.3. The van der Waals surface area contributed by atoms with Gasteiger partial charge >= 0.3 is 5.97 Å². The molecular formula is C11H25N3O2. The van der Waals surface area contributed by atoms with Crippen molar-refractivity contribution in [3.63, 3.8) is 0 Å². The fourth-order valence-electron chi connectivity index (χ4n) is 1.49. The fraction of sp³-hybridized carbons (Fsp3) is 0.909. The van der Waals surface area contributed by atoms with Gasteiger partial charge in [0.2, 0.25) is 0 Å². The maximum atomic E-state index is 10.3. The predicted molar refractivity (Wildman–Crippen MR) is 65.0 cm³/mol. The molecule has 0 heterocycles. The molecule has 0 radical (unpaired) electrons. The summed E-state index contributed by atoms with van der Waals surface area (Å²) in [5, 5.41) is 11.6.